The fourth-order valence-electron chi connectivity index (χ4n) is 1.88. The number of aromatic nitrogens is 1. The quantitative estimate of drug-likeness (QED) is 0.357. The van der Waals surface area contributed by atoms with E-state index in [4.69, 9.17) is 0 Å². The van der Waals surface area contributed by atoms with Crippen LogP contribution < -0.4 is 10.6 Å². The van der Waals surface area contributed by atoms with Gasteiger partial charge in [-0.05, 0) is 36.4 Å². The van der Waals surface area contributed by atoms with Crippen molar-refractivity contribution in [2.24, 2.45) is 4.99 Å². The topological polar surface area (TPSA) is 49.3 Å². The van der Waals surface area contributed by atoms with Crippen molar-refractivity contribution in [1.82, 2.24) is 15.6 Å². The highest BCUT2D eigenvalue weighted by atomic mass is 32.2. The Morgan fingerprint density at radius 2 is 1.91 bits per heavy atom. The van der Waals surface area contributed by atoms with Gasteiger partial charge in [-0.1, -0.05) is 24.3 Å². The number of guanidine groups is 1. The van der Waals surface area contributed by atoms with Crippen LogP contribution in [0.2, 0.25) is 0 Å². The number of pyridine rings is 1. The van der Waals surface area contributed by atoms with E-state index in [9.17, 15) is 0 Å². The average molecular weight is 314 g/mol. The third kappa shape index (κ3) is 6.18. The van der Waals surface area contributed by atoms with Crippen LogP contribution in [0.15, 0.2) is 64.6 Å². The second kappa shape index (κ2) is 9.84. The third-order valence-corrected chi connectivity index (χ3v) is 4.11. The Labute approximate surface area is 136 Å². The molecule has 2 rings (SSSR count). The van der Waals surface area contributed by atoms with E-state index in [0.29, 0.717) is 6.54 Å². The zero-order chi connectivity index (χ0) is 15.5. The van der Waals surface area contributed by atoms with E-state index in [0.717, 1.165) is 30.4 Å². The molecule has 0 saturated carbocycles. The maximum atomic E-state index is 4.28. The first-order chi connectivity index (χ1) is 10.9. The lowest BCUT2D eigenvalue weighted by atomic mass is 10.3. The smallest absolute Gasteiger partial charge is 0.191 e. The van der Waals surface area contributed by atoms with Crippen molar-refractivity contribution >= 4 is 17.7 Å². The summed E-state index contributed by atoms with van der Waals surface area (Å²) in [5.41, 5.74) is 1.00. The van der Waals surface area contributed by atoms with Crippen molar-refractivity contribution in [1.29, 1.82) is 0 Å². The van der Waals surface area contributed by atoms with Gasteiger partial charge < -0.3 is 10.6 Å². The molecular formula is C17H22N4S. The lowest BCUT2D eigenvalue weighted by Gasteiger charge is -2.11. The van der Waals surface area contributed by atoms with Gasteiger partial charge in [-0.25, -0.2) is 0 Å². The van der Waals surface area contributed by atoms with Crippen LogP contribution in [0.4, 0.5) is 0 Å². The molecule has 116 valence electrons. The molecule has 0 radical (unpaired) electrons. The van der Waals surface area contributed by atoms with E-state index in [1.807, 2.05) is 36.0 Å². The molecular weight excluding hydrogens is 292 g/mol. The van der Waals surface area contributed by atoms with Gasteiger partial charge >= 0.3 is 0 Å². The lowest BCUT2D eigenvalue weighted by molar-refractivity contribution is 0.776. The maximum Gasteiger partial charge on any atom is 0.191 e. The number of thioether (sulfide) groups is 1. The molecule has 1 aromatic heterocycles. The zero-order valence-corrected chi connectivity index (χ0v) is 13.6. The summed E-state index contributed by atoms with van der Waals surface area (Å²) in [6.45, 7) is 1.58. The van der Waals surface area contributed by atoms with Crippen LogP contribution >= 0.6 is 11.8 Å². The summed E-state index contributed by atoms with van der Waals surface area (Å²) in [5, 5.41) is 6.59. The monoisotopic (exact) mass is 314 g/mol. The molecule has 0 aliphatic heterocycles. The summed E-state index contributed by atoms with van der Waals surface area (Å²) >= 11 is 1.88. The Bertz CT molecular complexity index is 557. The van der Waals surface area contributed by atoms with E-state index < -0.39 is 0 Å². The van der Waals surface area contributed by atoms with Gasteiger partial charge in [0.05, 0.1) is 12.2 Å². The summed E-state index contributed by atoms with van der Waals surface area (Å²) in [4.78, 5) is 9.82. The summed E-state index contributed by atoms with van der Waals surface area (Å²) in [6.07, 6.45) is 2.89. The van der Waals surface area contributed by atoms with Crippen LogP contribution in [-0.4, -0.2) is 30.3 Å². The minimum Gasteiger partial charge on any atom is -0.356 e. The standard InChI is InChI=1S/C17H22N4S/c1-18-17(21-14-15-8-5-6-11-19-15)20-12-7-13-22-16-9-3-2-4-10-16/h2-6,8-11H,7,12-14H2,1H3,(H2,18,20,21). The van der Waals surface area contributed by atoms with Gasteiger partial charge in [0.2, 0.25) is 0 Å². The van der Waals surface area contributed by atoms with Gasteiger partial charge in [0, 0.05) is 24.7 Å². The maximum absolute atomic E-state index is 4.28. The average Bonchev–Trinajstić information content (AvgIpc) is 2.59. The van der Waals surface area contributed by atoms with Crippen LogP contribution in [0.1, 0.15) is 12.1 Å². The Morgan fingerprint density at radius 3 is 2.64 bits per heavy atom. The van der Waals surface area contributed by atoms with Gasteiger partial charge in [-0.3, -0.25) is 9.98 Å². The van der Waals surface area contributed by atoms with Gasteiger partial charge in [-0.15, -0.1) is 11.8 Å². The van der Waals surface area contributed by atoms with Crippen molar-refractivity contribution in [2.75, 3.05) is 19.3 Å². The van der Waals surface area contributed by atoms with Crippen LogP contribution in [0.5, 0.6) is 0 Å². The molecule has 2 aromatic rings. The molecule has 0 aliphatic rings. The molecule has 0 fully saturated rings. The van der Waals surface area contributed by atoms with Crippen LogP contribution in [0, 0.1) is 0 Å². The number of aliphatic imine (C=N–C) groups is 1. The van der Waals surface area contributed by atoms with E-state index in [2.05, 4.69) is 44.9 Å². The minimum absolute atomic E-state index is 0.680. The molecule has 0 saturated heterocycles. The first-order valence-corrected chi connectivity index (χ1v) is 8.39. The van der Waals surface area contributed by atoms with Crippen LogP contribution in [-0.2, 0) is 6.54 Å². The molecule has 0 aliphatic carbocycles. The Hall–Kier alpha value is -2.01. The summed E-state index contributed by atoms with van der Waals surface area (Å²) in [6, 6.07) is 16.4. The molecule has 1 heterocycles. The summed E-state index contributed by atoms with van der Waals surface area (Å²) in [7, 11) is 1.78. The first-order valence-electron chi connectivity index (χ1n) is 7.41. The molecule has 0 amide bonds. The number of hydrogen-bond donors (Lipinski definition) is 2. The first kappa shape index (κ1) is 16.4. The Kier molecular flexibility index (Phi) is 7.32. The zero-order valence-electron chi connectivity index (χ0n) is 12.8. The highest BCUT2D eigenvalue weighted by Crippen LogP contribution is 2.17. The molecule has 0 spiro atoms. The highest BCUT2D eigenvalue weighted by Gasteiger charge is 1.98. The van der Waals surface area contributed by atoms with Crippen LogP contribution in [0.3, 0.4) is 0 Å². The fourth-order valence-corrected chi connectivity index (χ4v) is 2.76. The van der Waals surface area contributed by atoms with Gasteiger partial charge in [0.1, 0.15) is 0 Å². The summed E-state index contributed by atoms with van der Waals surface area (Å²) in [5.74, 6) is 1.91. The fraction of sp³-hybridized carbons (Fsp3) is 0.294. The van der Waals surface area contributed by atoms with Crippen molar-refractivity contribution < 1.29 is 0 Å². The minimum atomic E-state index is 0.680. The molecule has 0 unspecified atom stereocenters. The normalized spacial score (nSPS) is 11.2. The largest absolute Gasteiger partial charge is 0.356 e. The van der Waals surface area contributed by atoms with Gasteiger partial charge in [-0.2, -0.15) is 0 Å². The lowest BCUT2D eigenvalue weighted by Crippen LogP contribution is -2.37. The predicted molar refractivity (Wildman–Crippen MR) is 94.2 cm³/mol. The number of nitrogens with one attached hydrogen (secondary N) is 2. The van der Waals surface area contributed by atoms with E-state index in [1.165, 1.54) is 4.90 Å². The second-order valence-corrected chi connectivity index (χ2v) is 5.86. The number of rotatable bonds is 7. The number of hydrogen-bond acceptors (Lipinski definition) is 3. The van der Waals surface area contributed by atoms with Gasteiger partial charge in [0.15, 0.2) is 5.96 Å². The van der Waals surface area contributed by atoms with Crippen molar-refractivity contribution in [3.05, 3.63) is 60.4 Å². The van der Waals surface area contributed by atoms with E-state index in [-0.39, 0.29) is 0 Å². The van der Waals surface area contributed by atoms with E-state index >= 15 is 0 Å². The van der Waals surface area contributed by atoms with Crippen molar-refractivity contribution in [3.63, 3.8) is 0 Å². The van der Waals surface area contributed by atoms with Crippen LogP contribution in [0.25, 0.3) is 0 Å². The van der Waals surface area contributed by atoms with Crippen molar-refractivity contribution in [2.45, 2.75) is 17.9 Å². The molecule has 1 aromatic carbocycles. The second-order valence-electron chi connectivity index (χ2n) is 4.69. The number of nitrogens with zero attached hydrogens (tertiary/aromatic N) is 2. The molecule has 4 nitrogen and oxygen atoms in total. The third-order valence-electron chi connectivity index (χ3n) is 3.01. The van der Waals surface area contributed by atoms with Crippen molar-refractivity contribution in [3.8, 4) is 0 Å². The Morgan fingerprint density at radius 1 is 1.09 bits per heavy atom. The predicted octanol–water partition coefficient (Wildman–Crippen LogP) is 2.93. The highest BCUT2D eigenvalue weighted by molar-refractivity contribution is 7.99. The summed E-state index contributed by atoms with van der Waals surface area (Å²) < 4.78 is 0. The molecule has 2 N–H and O–H groups in total. The molecule has 22 heavy (non-hydrogen) atoms. The van der Waals surface area contributed by atoms with Gasteiger partial charge in [0.25, 0.3) is 0 Å². The number of benzene rings is 1. The van der Waals surface area contributed by atoms with E-state index in [1.54, 1.807) is 13.2 Å². The molecule has 0 bridgehead atoms. The molecule has 5 heteroatoms. The molecule has 0 atom stereocenters. The SMILES string of the molecule is CN=C(NCCCSc1ccccc1)NCc1ccccn1. The Balaban J connectivity index is 1.60.